The van der Waals surface area contributed by atoms with Gasteiger partial charge in [-0.05, 0) is 49.6 Å². The molecule has 1 amide bonds. The van der Waals surface area contributed by atoms with Crippen molar-refractivity contribution in [3.05, 3.63) is 54.7 Å². The molecule has 2 N–H and O–H groups in total. The van der Waals surface area contributed by atoms with Crippen LogP contribution in [0.15, 0.2) is 48.9 Å². The molecular formula is C23H23FN6O. The Hall–Kier alpha value is -3.55. The van der Waals surface area contributed by atoms with E-state index in [1.807, 2.05) is 29.8 Å². The largest absolute Gasteiger partial charge is 0.361 e. The fourth-order valence-electron chi connectivity index (χ4n) is 4.36. The van der Waals surface area contributed by atoms with Gasteiger partial charge in [0.25, 0.3) is 0 Å². The highest BCUT2D eigenvalue weighted by atomic mass is 19.1. The van der Waals surface area contributed by atoms with Crippen LogP contribution in [-0.4, -0.2) is 36.9 Å². The van der Waals surface area contributed by atoms with Gasteiger partial charge < -0.3 is 10.3 Å². The summed E-state index contributed by atoms with van der Waals surface area (Å²) in [5, 5.41) is 12.0. The Morgan fingerprint density at radius 2 is 2.13 bits per heavy atom. The lowest BCUT2D eigenvalue weighted by Crippen LogP contribution is -2.32. The highest BCUT2D eigenvalue weighted by molar-refractivity contribution is 5.85. The fraction of sp³-hybridized carbons (Fsp3) is 0.304. The lowest BCUT2D eigenvalue weighted by molar-refractivity contribution is -0.121. The number of nitrogens with zero attached hydrogens (tertiary/aromatic N) is 4. The van der Waals surface area contributed by atoms with Gasteiger partial charge in [-0.1, -0.05) is 12.1 Å². The number of H-pyrrole nitrogens is 1. The summed E-state index contributed by atoms with van der Waals surface area (Å²) in [6.07, 6.45) is 8.36. The van der Waals surface area contributed by atoms with Crippen LogP contribution in [0, 0.1) is 5.82 Å². The molecule has 0 spiro atoms. The van der Waals surface area contributed by atoms with Gasteiger partial charge in [-0.15, -0.1) is 5.10 Å². The predicted molar refractivity (Wildman–Crippen MR) is 116 cm³/mol. The highest BCUT2D eigenvalue weighted by Crippen LogP contribution is 2.34. The molecule has 1 aromatic carbocycles. The Bertz CT molecular complexity index is 1230. The number of hydrogen-bond donors (Lipinski definition) is 2. The number of nitrogens with one attached hydrogen (secondary N) is 2. The molecule has 2 atom stereocenters. The molecule has 7 nitrogen and oxygen atoms in total. The predicted octanol–water partition coefficient (Wildman–Crippen LogP) is 4.25. The molecule has 4 aromatic rings. The van der Waals surface area contributed by atoms with Gasteiger partial charge in [-0.3, -0.25) is 9.78 Å². The van der Waals surface area contributed by atoms with Gasteiger partial charge in [0, 0.05) is 46.9 Å². The second-order valence-electron chi connectivity index (χ2n) is 7.95. The van der Waals surface area contributed by atoms with Gasteiger partial charge in [0.05, 0.1) is 23.6 Å². The van der Waals surface area contributed by atoms with Crippen LogP contribution in [0.5, 0.6) is 0 Å². The molecule has 31 heavy (non-hydrogen) atoms. The Labute approximate surface area is 178 Å². The third-order valence-electron chi connectivity index (χ3n) is 6.02. The molecule has 3 aromatic heterocycles. The molecule has 0 bridgehead atoms. The third kappa shape index (κ3) is 3.58. The maximum atomic E-state index is 14.9. The maximum absolute atomic E-state index is 14.9. The van der Waals surface area contributed by atoms with Crippen LogP contribution in [0.4, 0.5) is 4.39 Å². The Morgan fingerprint density at radius 1 is 1.23 bits per heavy atom. The Morgan fingerprint density at radius 3 is 2.94 bits per heavy atom. The number of pyridine rings is 1. The smallest absolute Gasteiger partial charge is 0.219 e. The van der Waals surface area contributed by atoms with Crippen molar-refractivity contribution in [3.8, 4) is 22.5 Å². The lowest BCUT2D eigenvalue weighted by Gasteiger charge is -2.15. The molecule has 0 aliphatic heterocycles. The van der Waals surface area contributed by atoms with Gasteiger partial charge in [0.2, 0.25) is 5.91 Å². The van der Waals surface area contributed by atoms with Crippen LogP contribution in [-0.2, 0) is 4.79 Å². The first-order chi connectivity index (χ1) is 15.1. The average molecular weight is 418 g/mol. The number of rotatable bonds is 5. The quantitative estimate of drug-likeness (QED) is 0.507. The minimum absolute atomic E-state index is 0.0781. The minimum Gasteiger partial charge on any atom is -0.361 e. The van der Waals surface area contributed by atoms with Gasteiger partial charge in [-0.25, -0.2) is 9.07 Å². The SMILES string of the molecule is CCC(=O)N[C@H]1CC[C@@H](n2nncc2-c2ccc(-c3ccc4[nH]ccc4c3F)nc2)C1. The molecule has 3 heterocycles. The van der Waals surface area contributed by atoms with Crippen LogP contribution < -0.4 is 5.32 Å². The summed E-state index contributed by atoms with van der Waals surface area (Å²) in [5.41, 5.74) is 3.55. The average Bonchev–Trinajstić information content (AvgIpc) is 3.54. The zero-order valence-corrected chi connectivity index (χ0v) is 17.2. The lowest BCUT2D eigenvalue weighted by atomic mass is 10.1. The van der Waals surface area contributed by atoms with Crippen molar-refractivity contribution in [1.29, 1.82) is 0 Å². The molecule has 1 aliphatic rings. The number of halogens is 1. The van der Waals surface area contributed by atoms with Crippen molar-refractivity contribution in [2.45, 2.75) is 44.7 Å². The Balaban J connectivity index is 1.38. The van der Waals surface area contributed by atoms with Crippen molar-refractivity contribution in [2.75, 3.05) is 0 Å². The van der Waals surface area contributed by atoms with Crippen molar-refractivity contribution < 1.29 is 9.18 Å². The van der Waals surface area contributed by atoms with Gasteiger partial charge in [-0.2, -0.15) is 0 Å². The van der Waals surface area contributed by atoms with Crippen LogP contribution in [0.25, 0.3) is 33.4 Å². The summed E-state index contributed by atoms with van der Waals surface area (Å²) in [7, 11) is 0. The van der Waals surface area contributed by atoms with Crippen molar-refractivity contribution in [2.24, 2.45) is 0 Å². The maximum Gasteiger partial charge on any atom is 0.219 e. The topological polar surface area (TPSA) is 88.5 Å². The second kappa shape index (κ2) is 7.94. The summed E-state index contributed by atoms with van der Waals surface area (Å²) in [5.74, 6) is -0.203. The van der Waals surface area contributed by atoms with Crippen molar-refractivity contribution >= 4 is 16.8 Å². The second-order valence-corrected chi connectivity index (χ2v) is 7.95. The van der Waals surface area contributed by atoms with Crippen LogP contribution in [0.2, 0.25) is 0 Å². The molecule has 1 saturated carbocycles. The van der Waals surface area contributed by atoms with E-state index in [-0.39, 0.29) is 23.8 Å². The normalized spacial score (nSPS) is 18.5. The number of fused-ring (bicyclic) bond motifs is 1. The molecular weight excluding hydrogens is 395 g/mol. The summed E-state index contributed by atoms with van der Waals surface area (Å²) in [6.45, 7) is 1.86. The fourth-order valence-corrected chi connectivity index (χ4v) is 4.36. The van der Waals surface area contributed by atoms with Crippen LogP contribution in [0.3, 0.4) is 0 Å². The molecule has 0 saturated heterocycles. The van der Waals surface area contributed by atoms with Crippen LogP contribution in [0.1, 0.15) is 38.6 Å². The standard InChI is InChI=1S/C23H23FN6O/c1-2-22(31)28-15-4-5-16(11-15)30-21(13-27-29-30)14-3-7-20(26-12-14)17-6-8-19-18(23(17)24)9-10-25-19/h3,6-10,12-13,15-16,25H,2,4-5,11H2,1H3,(H,28,31)/t15-,16+/m0/s1. The van der Waals surface area contributed by atoms with E-state index in [1.165, 1.54) is 0 Å². The van der Waals surface area contributed by atoms with E-state index >= 15 is 0 Å². The minimum atomic E-state index is -0.281. The number of aromatic amines is 1. The number of carbonyl (C=O) groups excluding carboxylic acids is 1. The number of hydrogen-bond acceptors (Lipinski definition) is 4. The van der Waals surface area contributed by atoms with E-state index in [1.54, 1.807) is 30.7 Å². The first-order valence-electron chi connectivity index (χ1n) is 10.6. The molecule has 1 aliphatic carbocycles. The molecule has 0 radical (unpaired) electrons. The van der Waals surface area contributed by atoms with Gasteiger partial charge >= 0.3 is 0 Å². The van der Waals surface area contributed by atoms with E-state index in [9.17, 15) is 9.18 Å². The van der Waals surface area contributed by atoms with Crippen LogP contribution >= 0.6 is 0 Å². The van der Waals surface area contributed by atoms with Crippen molar-refractivity contribution in [1.82, 2.24) is 30.3 Å². The molecule has 8 heteroatoms. The number of aromatic nitrogens is 5. The van der Waals surface area contributed by atoms with E-state index < -0.39 is 0 Å². The Kier molecular flexibility index (Phi) is 4.97. The summed E-state index contributed by atoms with van der Waals surface area (Å²) in [6, 6.07) is 9.41. The van der Waals surface area contributed by atoms with Gasteiger partial charge in [0.15, 0.2) is 0 Å². The summed E-state index contributed by atoms with van der Waals surface area (Å²) in [4.78, 5) is 19.2. The molecule has 1 fully saturated rings. The van der Waals surface area contributed by atoms with E-state index in [4.69, 9.17) is 0 Å². The molecule has 0 unspecified atom stereocenters. The monoisotopic (exact) mass is 418 g/mol. The van der Waals surface area contributed by atoms with Crippen molar-refractivity contribution in [3.63, 3.8) is 0 Å². The number of benzene rings is 1. The first kappa shape index (κ1) is 19.4. The summed E-state index contributed by atoms with van der Waals surface area (Å²) >= 11 is 0. The van der Waals surface area contributed by atoms with E-state index in [0.29, 0.717) is 23.1 Å². The van der Waals surface area contributed by atoms with E-state index in [0.717, 1.165) is 36.0 Å². The molecule has 5 rings (SSSR count). The van der Waals surface area contributed by atoms with E-state index in [2.05, 4.69) is 25.6 Å². The highest BCUT2D eigenvalue weighted by Gasteiger charge is 2.29. The third-order valence-corrected chi connectivity index (χ3v) is 6.02. The zero-order chi connectivity index (χ0) is 21.4. The first-order valence-corrected chi connectivity index (χ1v) is 10.6. The molecule has 158 valence electrons. The summed E-state index contributed by atoms with van der Waals surface area (Å²) < 4.78 is 16.8. The van der Waals surface area contributed by atoms with Gasteiger partial charge in [0.1, 0.15) is 5.82 Å². The number of amides is 1. The number of carbonyl (C=O) groups is 1. The zero-order valence-electron chi connectivity index (χ0n) is 17.2.